The molecule has 0 saturated carbocycles. The van der Waals surface area contributed by atoms with E-state index in [1.807, 2.05) is 12.3 Å². The Hall–Kier alpha value is -1.89. The fourth-order valence-corrected chi connectivity index (χ4v) is 1.97. The quantitative estimate of drug-likeness (QED) is 0.822. The van der Waals surface area contributed by atoms with Crippen LogP contribution in [0.3, 0.4) is 0 Å². The second-order valence-electron chi connectivity index (χ2n) is 4.13. The van der Waals surface area contributed by atoms with Gasteiger partial charge in [0, 0.05) is 30.0 Å². The SMILES string of the molecule is O=C(NCCCn1cccn1)Nc1ccc(Br)cc1F. The number of anilines is 1. The summed E-state index contributed by atoms with van der Waals surface area (Å²) < 4.78 is 15.9. The van der Waals surface area contributed by atoms with Crippen molar-refractivity contribution in [3.63, 3.8) is 0 Å². The number of rotatable bonds is 5. The number of benzene rings is 1. The molecule has 1 heterocycles. The molecule has 0 aliphatic heterocycles. The summed E-state index contributed by atoms with van der Waals surface area (Å²) in [5.41, 5.74) is 0.151. The summed E-state index contributed by atoms with van der Waals surface area (Å²) in [6, 6.07) is 5.88. The van der Waals surface area contributed by atoms with Gasteiger partial charge >= 0.3 is 6.03 Å². The second-order valence-corrected chi connectivity index (χ2v) is 5.04. The van der Waals surface area contributed by atoms with Gasteiger partial charge in [-0.15, -0.1) is 0 Å². The molecule has 0 radical (unpaired) electrons. The normalized spacial score (nSPS) is 10.3. The van der Waals surface area contributed by atoms with Crippen molar-refractivity contribution < 1.29 is 9.18 Å². The van der Waals surface area contributed by atoms with Crippen LogP contribution in [0.1, 0.15) is 6.42 Å². The molecule has 0 bridgehead atoms. The molecule has 0 aliphatic rings. The Morgan fingerprint density at radius 1 is 1.45 bits per heavy atom. The minimum atomic E-state index is -0.480. The van der Waals surface area contributed by atoms with Crippen LogP contribution in [0, 0.1) is 5.82 Å². The van der Waals surface area contributed by atoms with E-state index in [1.165, 1.54) is 12.1 Å². The molecule has 2 amide bonds. The van der Waals surface area contributed by atoms with Gasteiger partial charge in [0.2, 0.25) is 0 Å². The molecule has 1 aromatic heterocycles. The zero-order valence-electron chi connectivity index (χ0n) is 10.6. The van der Waals surface area contributed by atoms with Gasteiger partial charge in [-0.3, -0.25) is 4.68 Å². The zero-order valence-corrected chi connectivity index (χ0v) is 12.2. The van der Waals surface area contributed by atoms with Crippen LogP contribution >= 0.6 is 15.9 Å². The lowest BCUT2D eigenvalue weighted by Gasteiger charge is -2.08. The highest BCUT2D eigenvalue weighted by molar-refractivity contribution is 9.10. The van der Waals surface area contributed by atoms with Crippen LogP contribution in [-0.2, 0) is 6.54 Å². The van der Waals surface area contributed by atoms with Gasteiger partial charge in [0.15, 0.2) is 0 Å². The zero-order chi connectivity index (χ0) is 14.4. The topological polar surface area (TPSA) is 59.0 Å². The summed E-state index contributed by atoms with van der Waals surface area (Å²) in [7, 11) is 0. The number of aryl methyl sites for hydroxylation is 1. The van der Waals surface area contributed by atoms with Gasteiger partial charge in [0.1, 0.15) is 5.82 Å². The number of aromatic nitrogens is 2. The van der Waals surface area contributed by atoms with E-state index in [0.29, 0.717) is 11.0 Å². The number of halogens is 2. The monoisotopic (exact) mass is 340 g/mol. The van der Waals surface area contributed by atoms with Crippen molar-refractivity contribution in [1.82, 2.24) is 15.1 Å². The van der Waals surface area contributed by atoms with Gasteiger partial charge in [-0.25, -0.2) is 9.18 Å². The number of amides is 2. The first-order valence-corrected chi connectivity index (χ1v) is 6.92. The van der Waals surface area contributed by atoms with E-state index < -0.39 is 11.8 Å². The highest BCUT2D eigenvalue weighted by Crippen LogP contribution is 2.18. The first kappa shape index (κ1) is 14.5. The largest absolute Gasteiger partial charge is 0.338 e. The molecular weight excluding hydrogens is 327 g/mol. The maximum Gasteiger partial charge on any atom is 0.319 e. The van der Waals surface area contributed by atoms with E-state index in [9.17, 15) is 9.18 Å². The van der Waals surface area contributed by atoms with Crippen molar-refractivity contribution in [3.8, 4) is 0 Å². The third kappa shape index (κ3) is 4.34. The predicted octanol–water partition coefficient (Wildman–Crippen LogP) is 3.00. The molecule has 0 aliphatic carbocycles. The molecule has 1 aromatic carbocycles. The highest BCUT2D eigenvalue weighted by Gasteiger charge is 2.06. The molecule has 2 aromatic rings. The number of nitrogens with zero attached hydrogens (tertiary/aromatic N) is 2. The summed E-state index contributed by atoms with van der Waals surface area (Å²) in [4.78, 5) is 11.6. The summed E-state index contributed by atoms with van der Waals surface area (Å²) in [6.07, 6.45) is 4.31. The molecule has 7 heteroatoms. The third-order valence-electron chi connectivity index (χ3n) is 2.59. The van der Waals surface area contributed by atoms with Gasteiger partial charge < -0.3 is 10.6 Å². The average molecular weight is 341 g/mol. The molecule has 106 valence electrons. The second kappa shape index (κ2) is 7.04. The molecule has 20 heavy (non-hydrogen) atoms. The minimum absolute atomic E-state index is 0.151. The van der Waals surface area contributed by atoms with Crippen LogP contribution in [0.15, 0.2) is 41.1 Å². The lowest BCUT2D eigenvalue weighted by molar-refractivity contribution is 0.251. The van der Waals surface area contributed by atoms with Crippen LogP contribution in [0.25, 0.3) is 0 Å². The number of carbonyl (C=O) groups is 1. The van der Waals surface area contributed by atoms with E-state index in [0.717, 1.165) is 13.0 Å². The third-order valence-corrected chi connectivity index (χ3v) is 3.08. The molecule has 0 spiro atoms. The van der Waals surface area contributed by atoms with Crippen molar-refractivity contribution in [3.05, 3.63) is 46.9 Å². The molecular formula is C13H14BrFN4O. The molecule has 0 atom stereocenters. The molecule has 2 rings (SSSR count). The van der Waals surface area contributed by atoms with Gasteiger partial charge in [-0.05, 0) is 30.7 Å². The van der Waals surface area contributed by atoms with Gasteiger partial charge in [-0.1, -0.05) is 15.9 Å². The molecule has 0 fully saturated rings. The fourth-order valence-electron chi connectivity index (χ4n) is 1.63. The predicted molar refractivity (Wildman–Crippen MR) is 78.0 cm³/mol. The van der Waals surface area contributed by atoms with Gasteiger partial charge in [0.25, 0.3) is 0 Å². The van der Waals surface area contributed by atoms with Crippen molar-refractivity contribution in [2.45, 2.75) is 13.0 Å². The first-order chi connectivity index (χ1) is 9.65. The summed E-state index contributed by atoms with van der Waals surface area (Å²) in [6.45, 7) is 1.21. The number of hydrogen-bond donors (Lipinski definition) is 2. The fraction of sp³-hybridized carbons (Fsp3) is 0.231. The van der Waals surface area contributed by atoms with E-state index >= 15 is 0 Å². The van der Waals surface area contributed by atoms with E-state index in [4.69, 9.17) is 0 Å². The smallest absolute Gasteiger partial charge is 0.319 e. The maximum absolute atomic E-state index is 13.5. The number of hydrogen-bond acceptors (Lipinski definition) is 2. The summed E-state index contributed by atoms with van der Waals surface area (Å²) in [5, 5.41) is 9.18. The Balaban J connectivity index is 1.72. The van der Waals surface area contributed by atoms with E-state index in [-0.39, 0.29) is 5.69 Å². The van der Waals surface area contributed by atoms with Gasteiger partial charge in [-0.2, -0.15) is 5.10 Å². The van der Waals surface area contributed by atoms with Crippen molar-refractivity contribution in [2.24, 2.45) is 0 Å². The molecule has 0 unspecified atom stereocenters. The Morgan fingerprint density at radius 3 is 3.00 bits per heavy atom. The number of carbonyl (C=O) groups excluding carboxylic acids is 1. The summed E-state index contributed by atoms with van der Waals surface area (Å²) in [5.74, 6) is -0.480. The van der Waals surface area contributed by atoms with Crippen molar-refractivity contribution >= 4 is 27.6 Å². The van der Waals surface area contributed by atoms with Crippen LogP contribution in [0.2, 0.25) is 0 Å². The molecule has 5 nitrogen and oxygen atoms in total. The highest BCUT2D eigenvalue weighted by atomic mass is 79.9. The first-order valence-electron chi connectivity index (χ1n) is 6.12. The van der Waals surface area contributed by atoms with E-state index in [2.05, 4.69) is 31.7 Å². The van der Waals surface area contributed by atoms with Gasteiger partial charge in [0.05, 0.1) is 5.69 Å². The Bertz CT molecular complexity index is 574. The van der Waals surface area contributed by atoms with Crippen LogP contribution < -0.4 is 10.6 Å². The maximum atomic E-state index is 13.5. The Morgan fingerprint density at radius 2 is 2.30 bits per heavy atom. The van der Waals surface area contributed by atoms with Crippen LogP contribution in [0.4, 0.5) is 14.9 Å². The van der Waals surface area contributed by atoms with E-state index in [1.54, 1.807) is 16.9 Å². The number of nitrogens with one attached hydrogen (secondary N) is 2. The Labute approximate surface area is 124 Å². The lowest BCUT2D eigenvalue weighted by Crippen LogP contribution is -2.30. The van der Waals surface area contributed by atoms with Crippen molar-refractivity contribution in [2.75, 3.05) is 11.9 Å². The van der Waals surface area contributed by atoms with Crippen LogP contribution in [-0.4, -0.2) is 22.4 Å². The standard InChI is InChI=1S/C13H14BrFN4O/c14-10-3-4-12(11(15)9-10)18-13(20)16-5-1-7-19-8-2-6-17-19/h2-4,6,8-9H,1,5,7H2,(H2,16,18,20). The molecule has 2 N–H and O–H groups in total. The number of urea groups is 1. The molecule has 0 saturated heterocycles. The lowest BCUT2D eigenvalue weighted by atomic mass is 10.3. The minimum Gasteiger partial charge on any atom is -0.338 e. The van der Waals surface area contributed by atoms with Crippen molar-refractivity contribution in [1.29, 1.82) is 0 Å². The average Bonchev–Trinajstić information content (AvgIpc) is 2.91. The van der Waals surface area contributed by atoms with Crippen LogP contribution in [0.5, 0.6) is 0 Å². The Kier molecular flexibility index (Phi) is 5.11. The summed E-state index contributed by atoms with van der Waals surface area (Å²) >= 11 is 3.16.